The van der Waals surface area contributed by atoms with Crippen LogP contribution in [-0.2, 0) is 10.0 Å². The number of halogens is 1. The Morgan fingerprint density at radius 1 is 1.27 bits per heavy atom. The lowest BCUT2D eigenvalue weighted by molar-refractivity contribution is 0.600. The molecule has 176 valence electrons. The van der Waals surface area contributed by atoms with Crippen LogP contribution in [0.25, 0.3) is 22.6 Å². The number of H-pyrrole nitrogens is 1. The number of benzene rings is 1. The highest BCUT2D eigenvalue weighted by Gasteiger charge is 2.30. The van der Waals surface area contributed by atoms with Crippen molar-refractivity contribution in [2.45, 2.75) is 45.1 Å². The average molecular weight is 490 g/mol. The van der Waals surface area contributed by atoms with Crippen LogP contribution < -0.4 is 15.8 Å². The summed E-state index contributed by atoms with van der Waals surface area (Å²) >= 11 is 6.69. The number of nitrogens with zero attached hydrogens (tertiary/aromatic N) is 3. The van der Waals surface area contributed by atoms with Gasteiger partial charge in [-0.2, -0.15) is 0 Å². The molecule has 0 radical (unpaired) electrons. The van der Waals surface area contributed by atoms with Gasteiger partial charge in [0.2, 0.25) is 16.0 Å². The minimum absolute atomic E-state index is 0.0190. The fourth-order valence-electron chi connectivity index (χ4n) is 3.44. The molecule has 0 bridgehead atoms. The van der Waals surface area contributed by atoms with E-state index in [0.29, 0.717) is 53.2 Å². The third-order valence-corrected chi connectivity index (χ3v) is 7.06. The molecule has 4 rings (SSSR count). The van der Waals surface area contributed by atoms with Gasteiger partial charge >= 0.3 is 0 Å². The Hall–Kier alpha value is -2.69. The van der Waals surface area contributed by atoms with Crippen molar-refractivity contribution in [1.82, 2.24) is 19.9 Å². The van der Waals surface area contributed by atoms with Crippen molar-refractivity contribution in [3.63, 3.8) is 0 Å². The van der Waals surface area contributed by atoms with E-state index in [1.165, 1.54) is 0 Å². The zero-order valence-electron chi connectivity index (χ0n) is 18.6. The lowest BCUT2D eigenvalue weighted by atomic mass is 10.1. The predicted octanol–water partition coefficient (Wildman–Crippen LogP) is 3.98. The molecule has 1 atom stereocenters. The molecule has 1 aromatic carbocycles. The van der Waals surface area contributed by atoms with Crippen LogP contribution in [0.5, 0.6) is 0 Å². The van der Waals surface area contributed by atoms with E-state index in [-0.39, 0.29) is 16.8 Å². The van der Waals surface area contributed by atoms with Gasteiger partial charge in [0.1, 0.15) is 5.82 Å². The van der Waals surface area contributed by atoms with Crippen molar-refractivity contribution >= 4 is 33.3 Å². The third kappa shape index (κ3) is 5.63. The number of anilines is 2. The first kappa shape index (κ1) is 23.5. The quantitative estimate of drug-likeness (QED) is 0.338. The third-order valence-electron chi connectivity index (χ3n) is 5.17. The predicted molar refractivity (Wildman–Crippen MR) is 132 cm³/mol. The lowest BCUT2D eigenvalue weighted by Crippen LogP contribution is -2.25. The second-order valence-corrected chi connectivity index (χ2v) is 10.6. The van der Waals surface area contributed by atoms with Gasteiger partial charge in [-0.15, -0.1) is 0 Å². The highest BCUT2D eigenvalue weighted by atomic mass is 35.5. The summed E-state index contributed by atoms with van der Waals surface area (Å²) in [6, 6.07) is 6.99. The molecule has 9 nitrogen and oxygen atoms in total. The molecular weight excluding hydrogens is 462 g/mol. The molecule has 2 heterocycles. The number of sulfonamides is 1. The molecule has 0 saturated heterocycles. The number of hydrogen-bond donors (Lipinski definition) is 4. The van der Waals surface area contributed by atoms with E-state index in [4.69, 9.17) is 22.3 Å². The molecule has 33 heavy (non-hydrogen) atoms. The first-order chi connectivity index (χ1) is 15.8. The summed E-state index contributed by atoms with van der Waals surface area (Å²) in [6.07, 6.45) is 4.32. The summed E-state index contributed by atoms with van der Waals surface area (Å²) in [4.78, 5) is 17.1. The van der Waals surface area contributed by atoms with Gasteiger partial charge in [0, 0.05) is 30.3 Å². The van der Waals surface area contributed by atoms with E-state index >= 15 is 0 Å². The van der Waals surface area contributed by atoms with Crippen LogP contribution in [0.4, 0.5) is 11.6 Å². The standard InChI is InChI=1S/C22H28ClN7O2S/c1-3-11-33(31,32)30-16-6-4-5-15(18(16)23)19-20(29-21(28-19)14-7-8-14)17-9-10-25-22(27-17)26-12-13(2)24/h4-6,9-10,13-14,30H,3,7-8,11-12,24H2,1-2H3,(H,28,29)(H,25,26,27). The fourth-order valence-corrected chi connectivity index (χ4v) is 4.90. The summed E-state index contributed by atoms with van der Waals surface area (Å²) < 4.78 is 27.2. The van der Waals surface area contributed by atoms with Gasteiger partial charge in [-0.25, -0.2) is 23.4 Å². The Balaban J connectivity index is 1.75. The second-order valence-electron chi connectivity index (χ2n) is 8.33. The number of nitrogens with two attached hydrogens (primary N) is 1. The van der Waals surface area contributed by atoms with Crippen molar-refractivity contribution < 1.29 is 8.42 Å². The fraction of sp³-hybridized carbons (Fsp3) is 0.409. The van der Waals surface area contributed by atoms with Crippen LogP contribution in [0.3, 0.4) is 0 Å². The number of aromatic amines is 1. The normalized spacial score (nSPS) is 14.8. The SMILES string of the molecule is CCCS(=O)(=O)Nc1cccc(-c2nc(C3CC3)[nH]c2-c2ccnc(NCC(C)N)n2)c1Cl. The molecule has 3 aromatic rings. The molecule has 1 aliphatic carbocycles. The van der Waals surface area contributed by atoms with Gasteiger partial charge in [0.05, 0.1) is 33.5 Å². The number of hydrogen-bond acceptors (Lipinski definition) is 7. The molecule has 5 N–H and O–H groups in total. The van der Waals surface area contributed by atoms with E-state index in [1.807, 2.05) is 19.9 Å². The van der Waals surface area contributed by atoms with Crippen molar-refractivity contribution in [2.24, 2.45) is 5.73 Å². The van der Waals surface area contributed by atoms with Crippen molar-refractivity contribution in [3.05, 3.63) is 41.3 Å². The monoisotopic (exact) mass is 489 g/mol. The van der Waals surface area contributed by atoms with E-state index in [2.05, 4.69) is 25.0 Å². The summed E-state index contributed by atoms with van der Waals surface area (Å²) in [5, 5.41) is 3.42. The summed E-state index contributed by atoms with van der Waals surface area (Å²) in [5.41, 5.74) is 8.76. The van der Waals surface area contributed by atoms with E-state index < -0.39 is 10.0 Å². The molecule has 1 saturated carbocycles. The Labute approximate surface area is 198 Å². The lowest BCUT2D eigenvalue weighted by Gasteiger charge is -2.12. The van der Waals surface area contributed by atoms with Gasteiger partial charge in [0.15, 0.2) is 0 Å². The van der Waals surface area contributed by atoms with Crippen LogP contribution in [0.2, 0.25) is 5.02 Å². The number of nitrogens with one attached hydrogen (secondary N) is 3. The maximum absolute atomic E-state index is 12.3. The Bertz CT molecular complexity index is 1240. The highest BCUT2D eigenvalue weighted by Crippen LogP contribution is 2.43. The molecule has 1 fully saturated rings. The molecule has 0 aliphatic heterocycles. The van der Waals surface area contributed by atoms with E-state index in [9.17, 15) is 8.42 Å². The smallest absolute Gasteiger partial charge is 0.232 e. The summed E-state index contributed by atoms with van der Waals surface area (Å²) in [5.74, 6) is 1.73. The number of aromatic nitrogens is 4. The van der Waals surface area contributed by atoms with Crippen molar-refractivity contribution in [3.8, 4) is 22.6 Å². The van der Waals surface area contributed by atoms with Gasteiger partial charge in [-0.05, 0) is 38.3 Å². The van der Waals surface area contributed by atoms with E-state index in [0.717, 1.165) is 18.7 Å². The summed E-state index contributed by atoms with van der Waals surface area (Å²) in [6.45, 7) is 4.25. The van der Waals surface area contributed by atoms with Crippen LogP contribution in [0.1, 0.15) is 44.9 Å². The Morgan fingerprint density at radius 2 is 2.06 bits per heavy atom. The molecule has 0 amide bonds. The molecular formula is C22H28ClN7O2S. The minimum atomic E-state index is -3.49. The van der Waals surface area contributed by atoms with Gasteiger partial charge in [-0.1, -0.05) is 30.7 Å². The maximum Gasteiger partial charge on any atom is 0.232 e. The topological polar surface area (TPSA) is 139 Å². The molecule has 2 aromatic heterocycles. The first-order valence-electron chi connectivity index (χ1n) is 11.0. The number of rotatable bonds is 10. The van der Waals surface area contributed by atoms with Gasteiger partial charge < -0.3 is 16.0 Å². The largest absolute Gasteiger partial charge is 0.353 e. The molecule has 11 heteroatoms. The summed E-state index contributed by atoms with van der Waals surface area (Å²) in [7, 11) is -3.49. The minimum Gasteiger partial charge on any atom is -0.353 e. The number of imidazole rings is 1. The highest BCUT2D eigenvalue weighted by molar-refractivity contribution is 7.92. The average Bonchev–Trinajstić information content (AvgIpc) is 3.52. The van der Waals surface area contributed by atoms with E-state index in [1.54, 1.807) is 24.4 Å². The first-order valence-corrected chi connectivity index (χ1v) is 13.0. The molecule has 0 spiro atoms. The van der Waals surface area contributed by atoms with Crippen LogP contribution in [-0.4, -0.2) is 46.7 Å². The molecule has 1 aliphatic rings. The molecule has 1 unspecified atom stereocenters. The van der Waals surface area contributed by atoms with Crippen molar-refractivity contribution in [1.29, 1.82) is 0 Å². The zero-order chi connectivity index (χ0) is 23.6. The van der Waals surface area contributed by atoms with Crippen LogP contribution >= 0.6 is 11.6 Å². The Morgan fingerprint density at radius 3 is 2.76 bits per heavy atom. The Kier molecular flexibility index (Phi) is 6.87. The second kappa shape index (κ2) is 9.66. The van der Waals surface area contributed by atoms with Crippen LogP contribution in [0.15, 0.2) is 30.5 Å². The maximum atomic E-state index is 12.3. The van der Waals surface area contributed by atoms with Gasteiger partial charge in [0.25, 0.3) is 0 Å². The van der Waals surface area contributed by atoms with Crippen molar-refractivity contribution in [2.75, 3.05) is 22.3 Å². The zero-order valence-corrected chi connectivity index (χ0v) is 20.2. The van der Waals surface area contributed by atoms with Gasteiger partial charge in [-0.3, -0.25) is 4.72 Å². The van der Waals surface area contributed by atoms with Crippen LogP contribution in [0, 0.1) is 0 Å².